The second-order valence-corrected chi connectivity index (χ2v) is 7.85. The van der Waals surface area contributed by atoms with Crippen LogP contribution in [0.15, 0.2) is 18.2 Å². The van der Waals surface area contributed by atoms with Gasteiger partial charge in [-0.05, 0) is 38.5 Å². The highest BCUT2D eigenvalue weighted by atomic mass is 35.5. The van der Waals surface area contributed by atoms with Gasteiger partial charge in [-0.2, -0.15) is 0 Å². The van der Waals surface area contributed by atoms with Crippen LogP contribution in [0.2, 0.25) is 10.0 Å². The number of morpholine rings is 1. The van der Waals surface area contributed by atoms with E-state index in [9.17, 15) is 9.90 Å². The molecule has 1 N–H and O–H groups in total. The van der Waals surface area contributed by atoms with E-state index < -0.39 is 11.6 Å². The lowest BCUT2D eigenvalue weighted by Gasteiger charge is -2.39. The Hall–Kier alpha value is -1.01. The van der Waals surface area contributed by atoms with Crippen LogP contribution in [0.25, 0.3) is 0 Å². The molecule has 1 aromatic carbocycles. The van der Waals surface area contributed by atoms with Crippen molar-refractivity contribution in [1.82, 2.24) is 9.80 Å². The van der Waals surface area contributed by atoms with Crippen LogP contribution >= 0.6 is 23.2 Å². The number of rotatable bonds is 4. The van der Waals surface area contributed by atoms with Crippen LogP contribution in [0, 0.1) is 0 Å². The molecule has 5 nitrogen and oxygen atoms in total. The van der Waals surface area contributed by atoms with Crippen LogP contribution in [-0.2, 0) is 11.3 Å². The Kier molecular flexibility index (Phi) is 6.37. The molecule has 0 radical (unpaired) electrons. The molecular formula is C17H24Cl2N2O3. The average Bonchev–Trinajstić information content (AvgIpc) is 2.47. The number of nitrogens with zero attached hydrogens (tertiary/aromatic N) is 2. The van der Waals surface area contributed by atoms with Gasteiger partial charge in [0.2, 0.25) is 0 Å². The first-order valence-corrected chi connectivity index (χ1v) is 8.71. The molecule has 1 amide bonds. The summed E-state index contributed by atoms with van der Waals surface area (Å²) < 4.78 is 5.77. The molecule has 1 aliphatic heterocycles. The van der Waals surface area contributed by atoms with Crippen LogP contribution in [0.5, 0.6) is 0 Å². The Morgan fingerprint density at radius 3 is 2.67 bits per heavy atom. The number of hydrogen-bond donors (Lipinski definition) is 1. The maximum atomic E-state index is 11.5. The highest BCUT2D eigenvalue weighted by Crippen LogP contribution is 2.24. The molecule has 7 heteroatoms. The van der Waals surface area contributed by atoms with E-state index >= 15 is 0 Å². The second kappa shape index (κ2) is 7.91. The quantitative estimate of drug-likeness (QED) is 0.865. The van der Waals surface area contributed by atoms with Crippen molar-refractivity contribution in [3.05, 3.63) is 33.8 Å². The van der Waals surface area contributed by atoms with E-state index in [1.807, 2.05) is 32.9 Å². The summed E-state index contributed by atoms with van der Waals surface area (Å²) in [6, 6.07) is 5.62. The van der Waals surface area contributed by atoms with Crippen molar-refractivity contribution in [1.29, 1.82) is 0 Å². The molecule has 1 aliphatic rings. The molecule has 0 saturated carbocycles. The van der Waals surface area contributed by atoms with Gasteiger partial charge in [0.25, 0.3) is 0 Å². The molecule has 0 unspecified atom stereocenters. The molecule has 1 aromatic rings. The van der Waals surface area contributed by atoms with E-state index in [-0.39, 0.29) is 6.10 Å². The molecule has 134 valence electrons. The summed E-state index contributed by atoms with van der Waals surface area (Å²) in [6.45, 7) is 8.82. The minimum Gasteiger partial charge on any atom is -0.465 e. The fourth-order valence-electron chi connectivity index (χ4n) is 2.77. The van der Waals surface area contributed by atoms with Crippen molar-refractivity contribution >= 4 is 29.3 Å². The Labute approximate surface area is 153 Å². The summed E-state index contributed by atoms with van der Waals surface area (Å²) >= 11 is 12.0. The Balaban J connectivity index is 1.98. The molecular weight excluding hydrogens is 351 g/mol. The Morgan fingerprint density at radius 2 is 2.08 bits per heavy atom. The van der Waals surface area contributed by atoms with Crippen molar-refractivity contribution in [2.24, 2.45) is 0 Å². The first-order valence-electron chi connectivity index (χ1n) is 7.95. The van der Waals surface area contributed by atoms with Gasteiger partial charge in [-0.3, -0.25) is 4.90 Å². The number of benzene rings is 1. The third kappa shape index (κ3) is 5.24. The predicted octanol–water partition coefficient (Wildman–Crippen LogP) is 3.97. The molecule has 0 aromatic heterocycles. The van der Waals surface area contributed by atoms with E-state index in [2.05, 4.69) is 4.90 Å². The van der Waals surface area contributed by atoms with Gasteiger partial charge >= 0.3 is 6.09 Å². The van der Waals surface area contributed by atoms with Crippen LogP contribution in [-0.4, -0.2) is 58.9 Å². The third-order valence-electron chi connectivity index (χ3n) is 4.04. The molecule has 0 aliphatic carbocycles. The SMILES string of the molecule is CC(C)(C)N(C[C@@H]1CN(Cc2ccc(Cl)c(Cl)c2)CCO1)C(=O)O. The average molecular weight is 375 g/mol. The van der Waals surface area contributed by atoms with Crippen LogP contribution in [0.4, 0.5) is 4.79 Å². The van der Waals surface area contributed by atoms with Crippen LogP contribution < -0.4 is 0 Å². The van der Waals surface area contributed by atoms with Crippen LogP contribution in [0.3, 0.4) is 0 Å². The fourth-order valence-corrected chi connectivity index (χ4v) is 3.09. The first kappa shape index (κ1) is 19.3. The van der Waals surface area contributed by atoms with Gasteiger partial charge in [-0.15, -0.1) is 0 Å². The van der Waals surface area contributed by atoms with Crippen molar-refractivity contribution in [3.8, 4) is 0 Å². The lowest BCUT2D eigenvalue weighted by atomic mass is 10.1. The zero-order valence-corrected chi connectivity index (χ0v) is 15.8. The molecule has 0 spiro atoms. The molecule has 0 bridgehead atoms. The summed E-state index contributed by atoms with van der Waals surface area (Å²) in [5.74, 6) is 0. The standard InChI is InChI=1S/C17H24Cl2N2O3/c1-17(2,3)21(16(22)23)11-13-10-20(6-7-24-13)9-12-4-5-14(18)15(19)8-12/h4-5,8,13H,6-7,9-11H2,1-3H3,(H,22,23)/t13-/m0/s1. The zero-order valence-electron chi connectivity index (χ0n) is 14.3. The fraction of sp³-hybridized carbons (Fsp3) is 0.588. The van der Waals surface area contributed by atoms with Crippen molar-refractivity contribution in [3.63, 3.8) is 0 Å². The highest BCUT2D eigenvalue weighted by molar-refractivity contribution is 6.42. The minimum atomic E-state index is -0.923. The Bertz CT molecular complexity index is 590. The molecule has 1 saturated heterocycles. The normalized spacial score (nSPS) is 19.3. The van der Waals surface area contributed by atoms with E-state index in [1.54, 1.807) is 6.07 Å². The predicted molar refractivity (Wildman–Crippen MR) is 96.0 cm³/mol. The molecule has 1 fully saturated rings. The molecule has 1 heterocycles. The number of halogens is 2. The number of ether oxygens (including phenoxy) is 1. The highest BCUT2D eigenvalue weighted by Gasteiger charge is 2.31. The van der Waals surface area contributed by atoms with E-state index in [0.29, 0.717) is 29.7 Å². The minimum absolute atomic E-state index is 0.142. The van der Waals surface area contributed by atoms with Crippen molar-refractivity contribution in [2.45, 2.75) is 39.0 Å². The second-order valence-electron chi connectivity index (χ2n) is 7.04. The number of hydrogen-bond acceptors (Lipinski definition) is 3. The van der Waals surface area contributed by atoms with Gasteiger partial charge < -0.3 is 14.7 Å². The maximum Gasteiger partial charge on any atom is 0.407 e. The monoisotopic (exact) mass is 374 g/mol. The number of carboxylic acid groups (broad SMARTS) is 1. The van der Waals surface area contributed by atoms with Gasteiger partial charge in [0.15, 0.2) is 0 Å². The van der Waals surface area contributed by atoms with E-state index in [4.69, 9.17) is 27.9 Å². The van der Waals surface area contributed by atoms with E-state index in [0.717, 1.165) is 18.7 Å². The number of amides is 1. The maximum absolute atomic E-state index is 11.5. The lowest BCUT2D eigenvalue weighted by molar-refractivity contribution is -0.0525. The van der Waals surface area contributed by atoms with Crippen molar-refractivity contribution in [2.75, 3.05) is 26.2 Å². The largest absolute Gasteiger partial charge is 0.465 e. The summed E-state index contributed by atoms with van der Waals surface area (Å²) in [7, 11) is 0. The summed E-state index contributed by atoms with van der Waals surface area (Å²) in [5.41, 5.74) is 0.622. The Morgan fingerprint density at radius 1 is 1.38 bits per heavy atom. The molecule has 2 rings (SSSR count). The van der Waals surface area contributed by atoms with E-state index in [1.165, 1.54) is 4.90 Å². The molecule has 1 atom stereocenters. The summed E-state index contributed by atoms with van der Waals surface area (Å²) in [6.07, 6.45) is -1.07. The van der Waals surface area contributed by atoms with Gasteiger partial charge in [-0.25, -0.2) is 4.79 Å². The van der Waals surface area contributed by atoms with Gasteiger partial charge in [0, 0.05) is 25.2 Å². The number of carbonyl (C=O) groups is 1. The first-order chi connectivity index (χ1) is 11.2. The van der Waals surface area contributed by atoms with Gasteiger partial charge in [0.05, 0.1) is 29.3 Å². The van der Waals surface area contributed by atoms with Crippen molar-refractivity contribution < 1.29 is 14.6 Å². The zero-order chi connectivity index (χ0) is 17.9. The third-order valence-corrected chi connectivity index (χ3v) is 4.78. The summed E-state index contributed by atoms with van der Waals surface area (Å²) in [4.78, 5) is 15.2. The topological polar surface area (TPSA) is 53.0 Å². The lowest BCUT2D eigenvalue weighted by Crippen LogP contribution is -2.53. The molecule has 24 heavy (non-hydrogen) atoms. The van der Waals surface area contributed by atoms with Gasteiger partial charge in [0.1, 0.15) is 0 Å². The van der Waals surface area contributed by atoms with Gasteiger partial charge in [-0.1, -0.05) is 29.3 Å². The van der Waals surface area contributed by atoms with Crippen LogP contribution in [0.1, 0.15) is 26.3 Å². The smallest absolute Gasteiger partial charge is 0.407 e. The summed E-state index contributed by atoms with van der Waals surface area (Å²) in [5, 5.41) is 10.5.